The van der Waals surface area contributed by atoms with Gasteiger partial charge in [-0.2, -0.15) is 0 Å². The van der Waals surface area contributed by atoms with Crippen LogP contribution in [0.25, 0.3) is 21.7 Å². The van der Waals surface area contributed by atoms with Crippen molar-refractivity contribution in [1.82, 2.24) is 9.97 Å². The number of amides is 1. The van der Waals surface area contributed by atoms with Crippen molar-refractivity contribution in [2.45, 2.75) is 12.8 Å². The van der Waals surface area contributed by atoms with Crippen LogP contribution in [0.4, 0.5) is 5.82 Å². The van der Waals surface area contributed by atoms with Crippen LogP contribution in [-0.2, 0) is 4.74 Å². The van der Waals surface area contributed by atoms with Gasteiger partial charge in [0.2, 0.25) is 5.91 Å². The summed E-state index contributed by atoms with van der Waals surface area (Å²) in [4.78, 5) is 20.3. The van der Waals surface area contributed by atoms with Gasteiger partial charge >= 0.3 is 0 Å². The standard InChI is InChI=1S/C19H23N5O2/c20-6-1-2-9-26-10-8-23-19-15-5-7-22-12-16(15)14-4-3-13(18(21)25)11-17(14)24-19/h3-5,7,11-12H,1-2,6,8-10,20H2,(H2,21,25)(H,23,24). The number of ether oxygens (including phenoxy) is 1. The fourth-order valence-corrected chi connectivity index (χ4v) is 2.83. The monoisotopic (exact) mass is 353 g/mol. The van der Waals surface area contributed by atoms with Crippen LogP contribution in [0.2, 0.25) is 0 Å². The van der Waals surface area contributed by atoms with E-state index in [4.69, 9.17) is 16.2 Å². The average molecular weight is 353 g/mol. The molecule has 0 fully saturated rings. The van der Waals surface area contributed by atoms with Gasteiger partial charge in [-0.3, -0.25) is 9.78 Å². The van der Waals surface area contributed by atoms with Crippen molar-refractivity contribution in [3.63, 3.8) is 0 Å². The highest BCUT2D eigenvalue weighted by atomic mass is 16.5. The third kappa shape index (κ3) is 4.07. The van der Waals surface area contributed by atoms with Gasteiger partial charge in [0.1, 0.15) is 5.82 Å². The van der Waals surface area contributed by atoms with Gasteiger partial charge in [-0.05, 0) is 37.6 Å². The lowest BCUT2D eigenvalue weighted by molar-refractivity contribution is 0.100. The molecule has 0 bridgehead atoms. The summed E-state index contributed by atoms with van der Waals surface area (Å²) < 4.78 is 5.59. The summed E-state index contributed by atoms with van der Waals surface area (Å²) in [6.45, 7) is 2.61. The molecule has 2 aromatic heterocycles. The lowest BCUT2D eigenvalue weighted by Gasteiger charge is -2.12. The number of rotatable bonds is 9. The van der Waals surface area contributed by atoms with E-state index in [1.807, 2.05) is 12.1 Å². The molecule has 0 aliphatic rings. The molecule has 3 aromatic rings. The number of fused-ring (bicyclic) bond motifs is 3. The average Bonchev–Trinajstić information content (AvgIpc) is 2.66. The van der Waals surface area contributed by atoms with E-state index in [1.54, 1.807) is 24.5 Å². The largest absolute Gasteiger partial charge is 0.380 e. The maximum atomic E-state index is 11.5. The lowest BCUT2D eigenvalue weighted by Crippen LogP contribution is -2.12. The number of pyridine rings is 2. The minimum atomic E-state index is -0.472. The second-order valence-electron chi connectivity index (χ2n) is 6.01. The second-order valence-corrected chi connectivity index (χ2v) is 6.01. The molecule has 0 radical (unpaired) electrons. The summed E-state index contributed by atoms with van der Waals surface area (Å²) in [5, 5.41) is 6.19. The van der Waals surface area contributed by atoms with E-state index in [-0.39, 0.29) is 0 Å². The molecule has 0 atom stereocenters. The minimum absolute atomic E-state index is 0.433. The molecular formula is C19H23N5O2. The van der Waals surface area contributed by atoms with Crippen molar-refractivity contribution in [1.29, 1.82) is 0 Å². The number of nitrogens with two attached hydrogens (primary N) is 2. The summed E-state index contributed by atoms with van der Waals surface area (Å²) in [5.41, 5.74) is 12.0. The zero-order chi connectivity index (χ0) is 18.4. The topological polar surface area (TPSA) is 116 Å². The summed E-state index contributed by atoms with van der Waals surface area (Å²) in [7, 11) is 0. The molecular weight excluding hydrogens is 330 g/mol. The van der Waals surface area contributed by atoms with Gasteiger partial charge in [-0.25, -0.2) is 4.98 Å². The molecule has 1 amide bonds. The molecule has 0 spiro atoms. The highest BCUT2D eigenvalue weighted by molar-refractivity contribution is 6.11. The highest BCUT2D eigenvalue weighted by Crippen LogP contribution is 2.29. The third-order valence-corrected chi connectivity index (χ3v) is 4.16. The smallest absolute Gasteiger partial charge is 0.248 e. The van der Waals surface area contributed by atoms with Gasteiger partial charge < -0.3 is 21.5 Å². The molecule has 7 nitrogen and oxygen atoms in total. The number of aromatic nitrogens is 2. The van der Waals surface area contributed by atoms with E-state index >= 15 is 0 Å². The zero-order valence-electron chi connectivity index (χ0n) is 14.6. The first-order valence-corrected chi connectivity index (χ1v) is 8.69. The Labute approximate surface area is 151 Å². The normalized spacial score (nSPS) is 11.1. The Morgan fingerprint density at radius 2 is 2.00 bits per heavy atom. The Hall–Kier alpha value is -2.77. The van der Waals surface area contributed by atoms with Crippen LogP contribution in [0.15, 0.2) is 36.7 Å². The number of anilines is 1. The number of nitrogens with zero attached hydrogens (tertiary/aromatic N) is 2. The predicted molar refractivity (Wildman–Crippen MR) is 103 cm³/mol. The van der Waals surface area contributed by atoms with Crippen LogP contribution in [-0.4, -0.2) is 42.2 Å². The first kappa shape index (κ1) is 18.0. The van der Waals surface area contributed by atoms with E-state index in [2.05, 4.69) is 15.3 Å². The number of unbranched alkanes of at least 4 members (excludes halogenated alkanes) is 1. The highest BCUT2D eigenvalue weighted by Gasteiger charge is 2.10. The summed E-state index contributed by atoms with van der Waals surface area (Å²) >= 11 is 0. The zero-order valence-corrected chi connectivity index (χ0v) is 14.6. The molecule has 5 N–H and O–H groups in total. The number of hydrogen-bond donors (Lipinski definition) is 3. The molecule has 0 aliphatic carbocycles. The summed E-state index contributed by atoms with van der Waals surface area (Å²) in [6.07, 6.45) is 5.48. The maximum absolute atomic E-state index is 11.5. The molecule has 136 valence electrons. The predicted octanol–water partition coefficient (Wildman–Crippen LogP) is 2.05. The fourth-order valence-electron chi connectivity index (χ4n) is 2.83. The van der Waals surface area contributed by atoms with E-state index < -0.39 is 5.91 Å². The molecule has 26 heavy (non-hydrogen) atoms. The SMILES string of the molecule is NCCCCOCCNc1nc2cc(C(N)=O)ccc2c2cnccc12. The van der Waals surface area contributed by atoms with Crippen molar-refractivity contribution in [3.8, 4) is 0 Å². The summed E-state index contributed by atoms with van der Waals surface area (Å²) in [5.74, 6) is 0.266. The maximum Gasteiger partial charge on any atom is 0.248 e. The van der Waals surface area contributed by atoms with Gasteiger partial charge in [0, 0.05) is 47.3 Å². The molecule has 0 saturated heterocycles. The van der Waals surface area contributed by atoms with Crippen LogP contribution in [0, 0.1) is 0 Å². The van der Waals surface area contributed by atoms with Gasteiger partial charge in [-0.1, -0.05) is 6.07 Å². The van der Waals surface area contributed by atoms with Gasteiger partial charge in [0.15, 0.2) is 0 Å². The third-order valence-electron chi connectivity index (χ3n) is 4.16. The van der Waals surface area contributed by atoms with E-state index in [9.17, 15) is 4.79 Å². The van der Waals surface area contributed by atoms with Crippen LogP contribution in [0.5, 0.6) is 0 Å². The number of carbonyl (C=O) groups is 1. The van der Waals surface area contributed by atoms with E-state index in [1.165, 1.54) is 0 Å². The van der Waals surface area contributed by atoms with Gasteiger partial charge in [0.25, 0.3) is 0 Å². The Morgan fingerprint density at radius 1 is 1.12 bits per heavy atom. The Balaban J connectivity index is 1.82. The van der Waals surface area contributed by atoms with E-state index in [0.29, 0.717) is 37.4 Å². The first-order chi connectivity index (χ1) is 12.7. The molecule has 3 rings (SSSR count). The van der Waals surface area contributed by atoms with Crippen LogP contribution in [0.3, 0.4) is 0 Å². The van der Waals surface area contributed by atoms with Crippen molar-refractivity contribution < 1.29 is 9.53 Å². The van der Waals surface area contributed by atoms with E-state index in [0.717, 1.165) is 34.8 Å². The molecule has 0 aliphatic heterocycles. The van der Waals surface area contributed by atoms with Crippen molar-refractivity contribution in [3.05, 3.63) is 42.2 Å². The van der Waals surface area contributed by atoms with Crippen LogP contribution in [0.1, 0.15) is 23.2 Å². The number of benzene rings is 1. The molecule has 0 unspecified atom stereocenters. The molecule has 7 heteroatoms. The quantitative estimate of drug-likeness (QED) is 0.400. The van der Waals surface area contributed by atoms with Crippen molar-refractivity contribution in [2.75, 3.05) is 31.6 Å². The minimum Gasteiger partial charge on any atom is -0.380 e. The first-order valence-electron chi connectivity index (χ1n) is 8.69. The molecule has 1 aromatic carbocycles. The Kier molecular flexibility index (Phi) is 5.93. The number of primary amides is 1. The van der Waals surface area contributed by atoms with Crippen LogP contribution >= 0.6 is 0 Å². The van der Waals surface area contributed by atoms with Crippen molar-refractivity contribution >= 4 is 33.4 Å². The molecule has 2 heterocycles. The summed E-state index contributed by atoms with van der Waals surface area (Å²) in [6, 6.07) is 7.20. The lowest BCUT2D eigenvalue weighted by atomic mass is 10.1. The number of nitrogens with one attached hydrogen (secondary N) is 1. The van der Waals surface area contributed by atoms with Gasteiger partial charge in [0.05, 0.1) is 12.1 Å². The van der Waals surface area contributed by atoms with Crippen molar-refractivity contribution in [2.24, 2.45) is 11.5 Å². The number of hydrogen-bond acceptors (Lipinski definition) is 6. The number of carbonyl (C=O) groups excluding carboxylic acids is 1. The molecule has 0 saturated carbocycles. The van der Waals surface area contributed by atoms with Crippen LogP contribution < -0.4 is 16.8 Å². The Bertz CT molecular complexity index is 913. The second kappa shape index (κ2) is 8.55. The fraction of sp³-hybridized carbons (Fsp3) is 0.316. The van der Waals surface area contributed by atoms with Gasteiger partial charge in [-0.15, -0.1) is 0 Å². The Morgan fingerprint density at radius 3 is 2.81 bits per heavy atom.